The molecule has 0 spiro atoms. The molecule has 0 saturated carbocycles. The van der Waals surface area contributed by atoms with Crippen LogP contribution in [0.4, 0.5) is 0 Å². The van der Waals surface area contributed by atoms with Gasteiger partial charge in [-0.15, -0.1) is 0 Å². The zero-order valence-electron chi connectivity index (χ0n) is 12.9. The van der Waals surface area contributed by atoms with E-state index in [2.05, 4.69) is 32.9 Å². The minimum absolute atomic E-state index is 0.199. The molecule has 3 nitrogen and oxygen atoms in total. The third-order valence-electron chi connectivity index (χ3n) is 3.95. The van der Waals surface area contributed by atoms with Crippen molar-refractivity contribution in [2.24, 2.45) is 5.73 Å². The van der Waals surface area contributed by atoms with Gasteiger partial charge in [-0.3, -0.25) is 0 Å². The lowest BCUT2D eigenvalue weighted by molar-refractivity contribution is 0.00687. The highest BCUT2D eigenvalue weighted by molar-refractivity contribution is 5.43. The largest absolute Gasteiger partial charge is 0.487 e. The molecule has 1 saturated heterocycles. The molecule has 3 heteroatoms. The molecule has 0 aromatic heterocycles. The second-order valence-corrected chi connectivity index (χ2v) is 5.89. The Morgan fingerprint density at radius 1 is 1.35 bits per heavy atom. The van der Waals surface area contributed by atoms with Crippen molar-refractivity contribution in [3.8, 4) is 5.75 Å². The number of hydrogen-bond acceptors (Lipinski definition) is 3. The van der Waals surface area contributed by atoms with Gasteiger partial charge in [0.15, 0.2) is 0 Å². The Morgan fingerprint density at radius 3 is 2.60 bits per heavy atom. The van der Waals surface area contributed by atoms with Crippen LogP contribution >= 0.6 is 0 Å². The highest BCUT2D eigenvalue weighted by atomic mass is 16.5. The Hall–Kier alpha value is -1.06. The lowest BCUT2D eigenvalue weighted by atomic mass is 9.99. The Balaban J connectivity index is 2.09. The summed E-state index contributed by atoms with van der Waals surface area (Å²) in [5, 5.41) is 0. The Kier molecular flexibility index (Phi) is 5.44. The van der Waals surface area contributed by atoms with Gasteiger partial charge in [-0.05, 0) is 56.2 Å². The van der Waals surface area contributed by atoms with E-state index >= 15 is 0 Å². The molecule has 0 amide bonds. The van der Waals surface area contributed by atoms with E-state index in [0.29, 0.717) is 6.61 Å². The number of nitrogens with two attached hydrogens (primary N) is 1. The van der Waals surface area contributed by atoms with Crippen molar-refractivity contribution in [2.75, 3.05) is 13.2 Å². The average molecular weight is 277 g/mol. The molecule has 1 aromatic rings. The standard InChI is InChI=1S/C17H27NO2/c1-4-15(18)10-14-8-12(2)17(13(3)9-14)20-16-6-5-7-19-11-16/h8-9,15-16H,4-7,10-11,18H2,1-3H3. The monoisotopic (exact) mass is 277 g/mol. The molecule has 1 heterocycles. The first-order valence-electron chi connectivity index (χ1n) is 7.70. The van der Waals surface area contributed by atoms with Crippen LogP contribution in [0, 0.1) is 13.8 Å². The van der Waals surface area contributed by atoms with Crippen LogP contribution in [0.25, 0.3) is 0 Å². The molecule has 1 fully saturated rings. The van der Waals surface area contributed by atoms with E-state index in [1.807, 2.05) is 0 Å². The second kappa shape index (κ2) is 7.09. The lowest BCUT2D eigenvalue weighted by Gasteiger charge is -2.25. The van der Waals surface area contributed by atoms with Crippen molar-refractivity contribution in [3.05, 3.63) is 28.8 Å². The fourth-order valence-electron chi connectivity index (χ4n) is 2.76. The Morgan fingerprint density at radius 2 is 2.05 bits per heavy atom. The van der Waals surface area contributed by atoms with E-state index in [1.54, 1.807) is 0 Å². The Bertz CT molecular complexity index is 416. The van der Waals surface area contributed by atoms with Crippen LogP contribution in [0.3, 0.4) is 0 Å². The summed E-state index contributed by atoms with van der Waals surface area (Å²) < 4.78 is 11.6. The van der Waals surface area contributed by atoms with Crippen LogP contribution < -0.4 is 10.5 Å². The molecule has 0 radical (unpaired) electrons. The summed E-state index contributed by atoms with van der Waals surface area (Å²) in [6, 6.07) is 4.66. The molecule has 0 aliphatic carbocycles. The molecule has 1 aliphatic heterocycles. The fraction of sp³-hybridized carbons (Fsp3) is 0.647. The maximum atomic E-state index is 6.15. The van der Waals surface area contributed by atoms with Gasteiger partial charge in [0.1, 0.15) is 11.9 Å². The number of benzene rings is 1. The molecular formula is C17H27NO2. The molecule has 2 rings (SSSR count). The van der Waals surface area contributed by atoms with E-state index in [9.17, 15) is 0 Å². The second-order valence-electron chi connectivity index (χ2n) is 5.89. The molecule has 112 valence electrons. The summed E-state index contributed by atoms with van der Waals surface area (Å²) in [4.78, 5) is 0. The van der Waals surface area contributed by atoms with Crippen molar-refractivity contribution in [1.29, 1.82) is 0 Å². The van der Waals surface area contributed by atoms with Gasteiger partial charge in [-0.25, -0.2) is 0 Å². The molecule has 0 bridgehead atoms. The van der Waals surface area contributed by atoms with Crippen LogP contribution in [0.15, 0.2) is 12.1 Å². The van der Waals surface area contributed by atoms with E-state index < -0.39 is 0 Å². The van der Waals surface area contributed by atoms with Crippen LogP contribution in [-0.2, 0) is 11.2 Å². The fourth-order valence-corrected chi connectivity index (χ4v) is 2.76. The smallest absolute Gasteiger partial charge is 0.125 e. The van der Waals surface area contributed by atoms with Gasteiger partial charge in [-0.2, -0.15) is 0 Å². The van der Waals surface area contributed by atoms with Crippen molar-refractivity contribution in [2.45, 2.75) is 58.6 Å². The van der Waals surface area contributed by atoms with Gasteiger partial charge in [-0.1, -0.05) is 19.1 Å². The highest BCUT2D eigenvalue weighted by Crippen LogP contribution is 2.28. The minimum Gasteiger partial charge on any atom is -0.487 e. The number of rotatable bonds is 5. The summed E-state index contributed by atoms with van der Waals surface area (Å²) >= 11 is 0. The molecule has 2 unspecified atom stereocenters. The number of aryl methyl sites for hydroxylation is 2. The third kappa shape index (κ3) is 3.97. The minimum atomic E-state index is 0.199. The number of hydrogen-bond donors (Lipinski definition) is 1. The van der Waals surface area contributed by atoms with E-state index in [-0.39, 0.29) is 12.1 Å². The third-order valence-corrected chi connectivity index (χ3v) is 3.95. The molecule has 20 heavy (non-hydrogen) atoms. The van der Waals surface area contributed by atoms with Gasteiger partial charge in [0.2, 0.25) is 0 Å². The summed E-state index contributed by atoms with van der Waals surface area (Å²) in [7, 11) is 0. The maximum absolute atomic E-state index is 6.15. The van der Waals surface area contributed by atoms with Gasteiger partial charge in [0.05, 0.1) is 6.61 Å². The summed E-state index contributed by atoms with van der Waals surface area (Å²) in [6.07, 6.45) is 4.32. The first-order chi connectivity index (χ1) is 9.60. The quantitative estimate of drug-likeness (QED) is 0.899. The molecule has 2 N–H and O–H groups in total. The summed E-state index contributed by atoms with van der Waals surface area (Å²) in [5.74, 6) is 1.02. The molecular weight excluding hydrogens is 250 g/mol. The zero-order chi connectivity index (χ0) is 14.5. The normalized spacial score (nSPS) is 20.7. The van der Waals surface area contributed by atoms with Crippen molar-refractivity contribution in [1.82, 2.24) is 0 Å². The lowest BCUT2D eigenvalue weighted by Crippen LogP contribution is -2.28. The van der Waals surface area contributed by atoms with Crippen LogP contribution in [0.5, 0.6) is 5.75 Å². The topological polar surface area (TPSA) is 44.5 Å². The van der Waals surface area contributed by atoms with Crippen LogP contribution in [0.2, 0.25) is 0 Å². The average Bonchev–Trinajstić information content (AvgIpc) is 2.44. The van der Waals surface area contributed by atoms with Crippen LogP contribution in [-0.4, -0.2) is 25.4 Å². The molecule has 1 aromatic carbocycles. The van der Waals surface area contributed by atoms with Gasteiger partial charge < -0.3 is 15.2 Å². The van der Waals surface area contributed by atoms with E-state index in [4.69, 9.17) is 15.2 Å². The van der Waals surface area contributed by atoms with Gasteiger partial charge in [0.25, 0.3) is 0 Å². The summed E-state index contributed by atoms with van der Waals surface area (Å²) in [6.45, 7) is 7.94. The molecule has 1 aliphatic rings. The zero-order valence-corrected chi connectivity index (χ0v) is 12.9. The predicted molar refractivity (Wildman–Crippen MR) is 82.4 cm³/mol. The van der Waals surface area contributed by atoms with Gasteiger partial charge >= 0.3 is 0 Å². The van der Waals surface area contributed by atoms with E-state index in [0.717, 1.165) is 38.0 Å². The predicted octanol–water partition coefficient (Wildman–Crippen LogP) is 3.14. The van der Waals surface area contributed by atoms with Crippen molar-refractivity contribution in [3.63, 3.8) is 0 Å². The maximum Gasteiger partial charge on any atom is 0.125 e. The highest BCUT2D eigenvalue weighted by Gasteiger charge is 2.18. The van der Waals surface area contributed by atoms with Gasteiger partial charge in [0, 0.05) is 12.6 Å². The summed E-state index contributed by atoms with van der Waals surface area (Å²) in [5.41, 5.74) is 9.76. The van der Waals surface area contributed by atoms with Crippen molar-refractivity contribution < 1.29 is 9.47 Å². The first-order valence-corrected chi connectivity index (χ1v) is 7.70. The van der Waals surface area contributed by atoms with Crippen molar-refractivity contribution >= 4 is 0 Å². The first kappa shape index (κ1) is 15.3. The number of ether oxygens (including phenoxy) is 2. The van der Waals surface area contributed by atoms with E-state index in [1.165, 1.54) is 16.7 Å². The Labute approximate surface area is 122 Å². The SMILES string of the molecule is CCC(N)Cc1cc(C)c(OC2CCCOC2)c(C)c1. The molecule has 2 atom stereocenters. The van der Waals surface area contributed by atoms with Crippen LogP contribution in [0.1, 0.15) is 42.9 Å².